The minimum Gasteiger partial charge on any atom is -0.459 e. The molecule has 0 aromatic heterocycles. The highest BCUT2D eigenvalue weighted by atomic mass is 79.9. The lowest BCUT2D eigenvalue weighted by Crippen LogP contribution is -2.57. The van der Waals surface area contributed by atoms with Crippen molar-refractivity contribution in [3.63, 3.8) is 0 Å². The van der Waals surface area contributed by atoms with Crippen LogP contribution in [0.1, 0.15) is 84.3 Å². The third-order valence-corrected chi connectivity index (χ3v) is 13.6. The lowest BCUT2D eigenvalue weighted by molar-refractivity contribution is -0.153. The molecule has 4 atom stereocenters. The fourth-order valence-corrected chi connectivity index (χ4v) is 11.0. The van der Waals surface area contributed by atoms with Gasteiger partial charge in [0.1, 0.15) is 10.6 Å². The van der Waals surface area contributed by atoms with Crippen molar-refractivity contribution in [3.8, 4) is 0 Å². The van der Waals surface area contributed by atoms with Crippen LogP contribution in [0.5, 0.6) is 0 Å². The van der Waals surface area contributed by atoms with Gasteiger partial charge < -0.3 is 10.1 Å². The third-order valence-electron chi connectivity index (χ3n) is 10.8. The van der Waals surface area contributed by atoms with Gasteiger partial charge in [-0.3, -0.25) is 14.9 Å². The monoisotopic (exact) mass is 651 g/mol. The van der Waals surface area contributed by atoms with E-state index in [0.717, 1.165) is 44.9 Å². The number of sulfonamides is 1. The van der Waals surface area contributed by atoms with E-state index in [1.54, 1.807) is 25.1 Å². The van der Waals surface area contributed by atoms with E-state index >= 15 is 0 Å². The fourth-order valence-electron chi connectivity index (χ4n) is 8.40. The predicted molar refractivity (Wildman–Crippen MR) is 163 cm³/mol. The normalized spacial score (nSPS) is 29.3. The average Bonchev–Trinajstić information content (AvgIpc) is 3.43. The van der Waals surface area contributed by atoms with Crippen LogP contribution in [0.3, 0.4) is 0 Å². The van der Waals surface area contributed by atoms with Crippen molar-refractivity contribution in [2.45, 2.75) is 102 Å². The van der Waals surface area contributed by atoms with E-state index in [-0.39, 0.29) is 35.1 Å². The van der Waals surface area contributed by atoms with E-state index in [1.165, 1.54) is 11.1 Å². The summed E-state index contributed by atoms with van der Waals surface area (Å²) in [5, 5.41) is 6.06. The second-order valence-electron chi connectivity index (χ2n) is 14.3. The minimum absolute atomic E-state index is 0.0519. The Kier molecular flexibility index (Phi) is 8.23. The number of aryl methyl sites for hydroxylation is 1. The fraction of sp³-hybridized carbons (Fsp3) is 0.742. The van der Waals surface area contributed by atoms with E-state index < -0.39 is 32.0 Å². The number of piperidine rings is 1. The van der Waals surface area contributed by atoms with Crippen LogP contribution in [-0.2, 0) is 36.2 Å². The molecule has 2 N–H and O–H groups in total. The number of amides is 1. The van der Waals surface area contributed by atoms with Gasteiger partial charge in [0.2, 0.25) is 15.9 Å². The first kappa shape index (κ1) is 31.0. The third kappa shape index (κ3) is 5.75. The number of benzene rings is 1. The van der Waals surface area contributed by atoms with Crippen molar-refractivity contribution in [1.29, 1.82) is 0 Å². The summed E-state index contributed by atoms with van der Waals surface area (Å²) in [6, 6.07) is 8.40. The maximum atomic E-state index is 14.1. The van der Waals surface area contributed by atoms with Gasteiger partial charge in [-0.2, -0.15) is 0 Å². The molecule has 1 amide bonds. The van der Waals surface area contributed by atoms with Crippen LogP contribution in [0.2, 0.25) is 0 Å². The summed E-state index contributed by atoms with van der Waals surface area (Å²) in [6.45, 7) is 10.7. The molecular formula is C31H46BrN3O5S. The number of nitrogens with zero attached hydrogens (tertiary/aromatic N) is 1. The quantitative estimate of drug-likeness (QED) is 0.247. The molecule has 8 nitrogen and oxygen atoms in total. The summed E-state index contributed by atoms with van der Waals surface area (Å²) in [5.74, 6) is -0.330. The Hall–Kier alpha value is -1.49. The molecule has 5 rings (SSSR count). The molecule has 1 spiro atoms. The molecule has 4 unspecified atom stereocenters. The van der Waals surface area contributed by atoms with Crippen molar-refractivity contribution in [2.24, 2.45) is 16.7 Å². The Balaban J connectivity index is 1.25. The largest absolute Gasteiger partial charge is 0.459 e. The van der Waals surface area contributed by atoms with Gasteiger partial charge in [-0.05, 0) is 93.6 Å². The predicted octanol–water partition coefficient (Wildman–Crippen LogP) is 4.26. The van der Waals surface area contributed by atoms with Gasteiger partial charge in [0, 0.05) is 24.5 Å². The second-order valence-corrected chi connectivity index (χ2v) is 17.2. The molecule has 3 fully saturated rings. The van der Waals surface area contributed by atoms with Crippen LogP contribution >= 0.6 is 15.9 Å². The number of hydrogen-bond acceptors (Lipinski definition) is 6. The van der Waals surface area contributed by atoms with Crippen molar-refractivity contribution >= 4 is 37.8 Å². The molecule has 228 valence electrons. The van der Waals surface area contributed by atoms with E-state index in [9.17, 15) is 18.0 Å². The number of carbonyl (C=O) groups excluding carboxylic acids is 2. The number of halogens is 1. The Morgan fingerprint density at radius 2 is 1.80 bits per heavy atom. The van der Waals surface area contributed by atoms with Crippen molar-refractivity contribution in [2.75, 3.05) is 25.4 Å². The average molecular weight is 653 g/mol. The number of ether oxygens (including phenoxy) is 1. The second kappa shape index (κ2) is 10.9. The zero-order valence-electron chi connectivity index (χ0n) is 25.1. The molecule has 41 heavy (non-hydrogen) atoms. The van der Waals surface area contributed by atoms with Gasteiger partial charge in [-0.15, -0.1) is 0 Å². The lowest BCUT2D eigenvalue weighted by atomic mass is 9.69. The number of rotatable bonds is 8. The molecule has 1 aliphatic heterocycles. The smallest absolute Gasteiger partial charge is 0.320 e. The molecule has 10 heteroatoms. The maximum absolute atomic E-state index is 14.1. The van der Waals surface area contributed by atoms with Gasteiger partial charge in [0.25, 0.3) is 0 Å². The standard InChI is InChI=1S/C31H46BrN3O5S/c1-28(2,3)40-25(36)19-33-26(32)27(37)34-24-18-22-11-13-31(24,29(22,4)5)20-41(38,39)35-16-14-30(15-17-35)12-10-21-8-6-7-9-23(21)30/h6-9,22,24,26,33H,10-20H2,1-5H3,(H,34,37). The summed E-state index contributed by atoms with van der Waals surface area (Å²) in [6.07, 6.45) is 6.41. The zero-order valence-corrected chi connectivity index (χ0v) is 27.5. The van der Waals surface area contributed by atoms with Gasteiger partial charge in [0.15, 0.2) is 0 Å². The van der Waals surface area contributed by atoms with Crippen LogP contribution in [0.4, 0.5) is 0 Å². The van der Waals surface area contributed by atoms with E-state index in [0.29, 0.717) is 19.0 Å². The first-order valence-electron chi connectivity index (χ1n) is 15.0. The molecule has 4 aliphatic rings. The summed E-state index contributed by atoms with van der Waals surface area (Å²) in [4.78, 5) is 24.5. The van der Waals surface area contributed by atoms with Crippen LogP contribution in [0.25, 0.3) is 0 Å². The maximum Gasteiger partial charge on any atom is 0.320 e. The van der Waals surface area contributed by atoms with Gasteiger partial charge in [-0.1, -0.05) is 54.0 Å². The lowest BCUT2D eigenvalue weighted by Gasteiger charge is -2.45. The van der Waals surface area contributed by atoms with Crippen molar-refractivity contribution in [1.82, 2.24) is 14.9 Å². The summed E-state index contributed by atoms with van der Waals surface area (Å²) in [5.41, 5.74) is 1.56. The van der Waals surface area contributed by atoms with Crippen molar-refractivity contribution < 1.29 is 22.7 Å². The zero-order chi connectivity index (χ0) is 29.8. The van der Waals surface area contributed by atoms with E-state index in [4.69, 9.17) is 4.74 Å². The number of fused-ring (bicyclic) bond motifs is 4. The topological polar surface area (TPSA) is 105 Å². The summed E-state index contributed by atoms with van der Waals surface area (Å²) >= 11 is 3.37. The molecule has 0 radical (unpaired) electrons. The van der Waals surface area contributed by atoms with E-state index in [1.807, 2.05) is 0 Å². The first-order valence-corrected chi connectivity index (χ1v) is 17.6. The number of nitrogens with one attached hydrogen (secondary N) is 2. The van der Waals surface area contributed by atoms with Crippen LogP contribution in [0, 0.1) is 16.7 Å². The number of esters is 1. The highest BCUT2D eigenvalue weighted by molar-refractivity contribution is 9.10. The molecule has 2 bridgehead atoms. The first-order chi connectivity index (χ1) is 19.1. The van der Waals surface area contributed by atoms with Crippen LogP contribution in [-0.4, -0.2) is 66.6 Å². The number of carbonyl (C=O) groups is 2. The minimum atomic E-state index is -3.54. The van der Waals surface area contributed by atoms with E-state index in [2.05, 4.69) is 64.7 Å². The Bertz CT molecular complexity index is 1280. The summed E-state index contributed by atoms with van der Waals surface area (Å²) in [7, 11) is -3.54. The van der Waals surface area contributed by atoms with Crippen molar-refractivity contribution in [3.05, 3.63) is 35.4 Å². The van der Waals surface area contributed by atoms with Crippen LogP contribution in [0.15, 0.2) is 24.3 Å². The number of alkyl halides is 1. The molecule has 1 aromatic carbocycles. The molecule has 1 aromatic rings. The highest BCUT2D eigenvalue weighted by Gasteiger charge is 2.66. The molecule has 1 heterocycles. The summed E-state index contributed by atoms with van der Waals surface area (Å²) < 4.78 is 35.2. The van der Waals surface area contributed by atoms with Gasteiger partial charge >= 0.3 is 5.97 Å². The van der Waals surface area contributed by atoms with Gasteiger partial charge in [-0.25, -0.2) is 12.7 Å². The highest BCUT2D eigenvalue weighted by Crippen LogP contribution is 2.66. The Morgan fingerprint density at radius 3 is 2.46 bits per heavy atom. The Labute approximate surface area is 253 Å². The number of hydrogen-bond donors (Lipinski definition) is 2. The Morgan fingerprint density at radius 1 is 1.12 bits per heavy atom. The molecule has 1 saturated heterocycles. The van der Waals surface area contributed by atoms with Crippen LogP contribution < -0.4 is 10.6 Å². The molecular weight excluding hydrogens is 606 g/mol. The molecule has 3 aliphatic carbocycles. The molecule has 2 saturated carbocycles. The SMILES string of the molecule is CC(C)(C)OC(=O)CNC(Br)C(=O)NC1CC2CCC1(CS(=O)(=O)N1CCC3(CCc4ccccc43)CC1)C2(C)C. The van der Waals surface area contributed by atoms with Gasteiger partial charge in [0.05, 0.1) is 12.3 Å².